The highest BCUT2D eigenvalue weighted by Crippen LogP contribution is 2.41. The fraction of sp³-hybridized carbons (Fsp3) is 0.538. The quantitative estimate of drug-likeness (QED) is 0.675. The van der Waals surface area contributed by atoms with Gasteiger partial charge in [0.1, 0.15) is 0 Å². The third-order valence-corrected chi connectivity index (χ3v) is 4.03. The predicted octanol–water partition coefficient (Wildman–Crippen LogP) is 5.23. The van der Waals surface area contributed by atoms with Gasteiger partial charge in [-0.3, -0.25) is 0 Å². The zero-order valence-electron chi connectivity index (χ0n) is 10.5. The first-order valence-electron chi connectivity index (χ1n) is 6.16. The van der Waals surface area contributed by atoms with Crippen LogP contribution >= 0.6 is 27.5 Å². The Hall–Kier alpha value is -0.620. The number of benzene rings is 1. The molecule has 1 aliphatic rings. The first-order valence-corrected chi connectivity index (χ1v) is 7.39. The van der Waals surface area contributed by atoms with Crippen LogP contribution in [0.15, 0.2) is 16.6 Å². The van der Waals surface area contributed by atoms with Crippen LogP contribution in [0.1, 0.15) is 30.2 Å². The molecule has 0 N–H and O–H groups in total. The molecular formula is C13H13BrClF3O2. The molecule has 20 heavy (non-hydrogen) atoms. The summed E-state index contributed by atoms with van der Waals surface area (Å²) < 4.78 is 48.4. The van der Waals surface area contributed by atoms with Gasteiger partial charge in [-0.2, -0.15) is 13.2 Å². The number of hydrogen-bond donors (Lipinski definition) is 0. The summed E-state index contributed by atoms with van der Waals surface area (Å²) in [6, 6.07) is 3.34. The largest absolute Gasteiger partial charge is 0.490 e. The van der Waals surface area contributed by atoms with Crippen molar-refractivity contribution >= 4 is 27.5 Å². The topological polar surface area (TPSA) is 18.5 Å². The van der Waals surface area contributed by atoms with Crippen LogP contribution in [-0.4, -0.2) is 19.4 Å². The smallest absolute Gasteiger partial charge is 0.389 e. The lowest BCUT2D eigenvalue weighted by Gasteiger charge is -2.16. The van der Waals surface area contributed by atoms with Crippen LogP contribution in [0.4, 0.5) is 13.2 Å². The van der Waals surface area contributed by atoms with E-state index in [2.05, 4.69) is 15.9 Å². The Labute approximate surface area is 128 Å². The van der Waals surface area contributed by atoms with Gasteiger partial charge in [0, 0.05) is 17.3 Å². The Bertz CT molecular complexity index is 479. The summed E-state index contributed by atoms with van der Waals surface area (Å²) in [5.41, 5.74) is 0.583. The Morgan fingerprint density at radius 2 is 1.80 bits per heavy atom. The molecule has 1 atom stereocenters. The highest BCUT2D eigenvalue weighted by molar-refractivity contribution is 9.10. The molecule has 0 bridgehead atoms. The summed E-state index contributed by atoms with van der Waals surface area (Å²) in [6.45, 7) is 1.07. The molecule has 0 spiro atoms. The fourth-order valence-corrected chi connectivity index (χ4v) is 2.91. The van der Waals surface area contributed by atoms with Gasteiger partial charge in [0.05, 0.1) is 18.6 Å². The second kappa shape index (κ2) is 6.43. The Morgan fingerprint density at radius 1 is 1.20 bits per heavy atom. The monoisotopic (exact) mass is 372 g/mol. The molecule has 0 aliphatic carbocycles. The van der Waals surface area contributed by atoms with Crippen LogP contribution in [0.3, 0.4) is 0 Å². The van der Waals surface area contributed by atoms with Crippen LogP contribution < -0.4 is 9.47 Å². The Morgan fingerprint density at radius 3 is 2.40 bits per heavy atom. The van der Waals surface area contributed by atoms with Crippen LogP contribution in [0.2, 0.25) is 0 Å². The molecule has 112 valence electrons. The van der Waals surface area contributed by atoms with E-state index in [-0.39, 0.29) is 6.42 Å². The van der Waals surface area contributed by atoms with E-state index in [0.29, 0.717) is 34.7 Å². The van der Waals surface area contributed by atoms with Crippen molar-refractivity contribution in [3.8, 4) is 11.5 Å². The molecular weight excluding hydrogens is 360 g/mol. The van der Waals surface area contributed by atoms with E-state index in [4.69, 9.17) is 21.1 Å². The van der Waals surface area contributed by atoms with Crippen LogP contribution in [0, 0.1) is 0 Å². The molecule has 1 heterocycles. The fourth-order valence-electron chi connectivity index (χ4n) is 1.89. The molecule has 2 nitrogen and oxygen atoms in total. The minimum atomic E-state index is -4.20. The van der Waals surface area contributed by atoms with E-state index >= 15 is 0 Å². The lowest BCUT2D eigenvalue weighted by atomic mass is 10.1. The number of fused-ring (bicyclic) bond motifs is 1. The maximum atomic E-state index is 12.2. The highest BCUT2D eigenvalue weighted by Gasteiger charge is 2.29. The number of halogens is 5. The van der Waals surface area contributed by atoms with Crippen molar-refractivity contribution in [2.24, 2.45) is 0 Å². The number of hydrogen-bond acceptors (Lipinski definition) is 2. The molecule has 0 saturated carbocycles. The molecule has 1 aliphatic heterocycles. The summed E-state index contributed by atoms with van der Waals surface area (Å²) in [4.78, 5) is 0. The average Bonchev–Trinajstić information content (AvgIpc) is 2.58. The van der Waals surface area contributed by atoms with Crippen molar-refractivity contribution in [1.29, 1.82) is 0 Å². The molecule has 7 heteroatoms. The van der Waals surface area contributed by atoms with E-state index in [0.717, 1.165) is 6.42 Å². The minimum Gasteiger partial charge on any atom is -0.490 e. The Kier molecular flexibility index (Phi) is 5.07. The normalized spacial score (nSPS) is 16.6. The second-order valence-electron chi connectivity index (χ2n) is 4.49. The summed E-state index contributed by atoms with van der Waals surface area (Å²) >= 11 is 9.40. The van der Waals surface area contributed by atoms with Crippen LogP contribution in [-0.2, 0) is 0 Å². The zero-order valence-corrected chi connectivity index (χ0v) is 12.8. The van der Waals surface area contributed by atoms with E-state index in [1.807, 2.05) is 0 Å². The van der Waals surface area contributed by atoms with Crippen molar-refractivity contribution in [2.45, 2.75) is 30.8 Å². The third-order valence-electron chi connectivity index (χ3n) is 2.89. The molecule has 0 amide bonds. The summed E-state index contributed by atoms with van der Waals surface area (Å²) in [5, 5.41) is -0.733. The van der Waals surface area contributed by atoms with E-state index in [9.17, 15) is 13.2 Å². The van der Waals surface area contributed by atoms with Crippen molar-refractivity contribution in [1.82, 2.24) is 0 Å². The summed E-state index contributed by atoms with van der Waals surface area (Å²) in [6.07, 6.45) is -4.53. The lowest BCUT2D eigenvalue weighted by Crippen LogP contribution is -2.08. The minimum absolute atomic E-state index is 0.177. The van der Waals surface area contributed by atoms with Crippen molar-refractivity contribution in [2.75, 3.05) is 13.2 Å². The predicted molar refractivity (Wildman–Crippen MR) is 73.6 cm³/mol. The van der Waals surface area contributed by atoms with E-state index < -0.39 is 18.0 Å². The van der Waals surface area contributed by atoms with Crippen LogP contribution in [0.5, 0.6) is 11.5 Å². The van der Waals surface area contributed by atoms with Gasteiger partial charge in [-0.1, -0.05) is 15.9 Å². The van der Waals surface area contributed by atoms with Gasteiger partial charge in [-0.15, -0.1) is 11.6 Å². The first kappa shape index (κ1) is 15.8. The molecule has 1 unspecified atom stereocenters. The van der Waals surface area contributed by atoms with Gasteiger partial charge < -0.3 is 9.47 Å². The first-order chi connectivity index (χ1) is 9.37. The van der Waals surface area contributed by atoms with Gasteiger partial charge in [0.2, 0.25) is 0 Å². The van der Waals surface area contributed by atoms with Crippen molar-refractivity contribution < 1.29 is 22.6 Å². The standard InChI is InChI=1S/C13H13BrClF3O2/c14-9-7-12-11(19-4-1-5-20-12)6-8(9)10(15)2-3-13(16,17)18/h6-7,10H,1-5H2. The zero-order chi connectivity index (χ0) is 14.8. The van der Waals surface area contributed by atoms with E-state index in [1.54, 1.807) is 12.1 Å². The average molecular weight is 374 g/mol. The summed E-state index contributed by atoms with van der Waals surface area (Å²) in [7, 11) is 0. The maximum absolute atomic E-state index is 12.2. The molecule has 0 aromatic heterocycles. The van der Waals surface area contributed by atoms with Gasteiger partial charge >= 0.3 is 6.18 Å². The second-order valence-corrected chi connectivity index (χ2v) is 5.87. The number of alkyl halides is 4. The van der Waals surface area contributed by atoms with E-state index in [1.165, 1.54) is 0 Å². The molecule has 2 rings (SSSR count). The molecule has 0 saturated heterocycles. The van der Waals surface area contributed by atoms with Gasteiger partial charge in [-0.05, 0) is 24.1 Å². The number of ether oxygens (including phenoxy) is 2. The maximum Gasteiger partial charge on any atom is 0.389 e. The highest BCUT2D eigenvalue weighted by atomic mass is 79.9. The molecule has 0 fully saturated rings. The molecule has 1 aromatic carbocycles. The van der Waals surface area contributed by atoms with Crippen LogP contribution in [0.25, 0.3) is 0 Å². The van der Waals surface area contributed by atoms with Gasteiger partial charge in [-0.25, -0.2) is 0 Å². The lowest BCUT2D eigenvalue weighted by molar-refractivity contribution is -0.135. The Balaban J connectivity index is 2.17. The molecule has 0 radical (unpaired) electrons. The SMILES string of the molecule is FC(F)(F)CCC(Cl)c1cc2c(cc1Br)OCCCO2. The molecule has 1 aromatic rings. The number of rotatable bonds is 3. The van der Waals surface area contributed by atoms with Gasteiger partial charge in [0.25, 0.3) is 0 Å². The van der Waals surface area contributed by atoms with Gasteiger partial charge in [0.15, 0.2) is 11.5 Å². The third kappa shape index (κ3) is 4.19. The van der Waals surface area contributed by atoms with Crippen molar-refractivity contribution in [3.63, 3.8) is 0 Å². The van der Waals surface area contributed by atoms with Crippen molar-refractivity contribution in [3.05, 3.63) is 22.2 Å². The summed E-state index contributed by atoms with van der Waals surface area (Å²) in [5.74, 6) is 1.11.